The fraction of sp³-hybridized carbons (Fsp3) is 0.280. The molecule has 1 unspecified atom stereocenters. The Labute approximate surface area is 195 Å². The molecule has 2 N–H and O–H groups in total. The lowest BCUT2D eigenvalue weighted by atomic mass is 10.0. The van der Waals surface area contributed by atoms with Gasteiger partial charge in [0, 0.05) is 22.2 Å². The minimum Gasteiger partial charge on any atom is -0.405 e. The van der Waals surface area contributed by atoms with E-state index in [0.717, 1.165) is 22.2 Å². The van der Waals surface area contributed by atoms with Gasteiger partial charge in [-0.05, 0) is 52.0 Å². The average molecular weight is 470 g/mol. The highest BCUT2D eigenvalue weighted by Crippen LogP contribution is 2.31. The van der Waals surface area contributed by atoms with Gasteiger partial charge in [0.15, 0.2) is 6.23 Å². The Kier molecular flexibility index (Phi) is 6.22. The molecule has 34 heavy (non-hydrogen) atoms. The molecule has 2 aromatic carbocycles. The summed E-state index contributed by atoms with van der Waals surface area (Å²) in [6.45, 7) is 7.48. The summed E-state index contributed by atoms with van der Waals surface area (Å²) in [6.07, 6.45) is -5.83. The van der Waals surface area contributed by atoms with Crippen LogP contribution in [0.1, 0.15) is 40.0 Å². The number of aryl methyl sites for hydroxylation is 3. The Balaban J connectivity index is 1.64. The average Bonchev–Trinajstić information content (AvgIpc) is 3.01. The third kappa shape index (κ3) is 4.99. The van der Waals surface area contributed by atoms with Crippen molar-refractivity contribution in [3.8, 4) is 5.75 Å². The number of hydrogen-bond donors (Lipinski definition) is 2. The SMILES string of the molecule is Cc1ccc2nc(C)cc(C(O)Nc3c(C)nn(Cc4ccccc4OC(F)(F)F)c3C)c2c1. The number of aromatic nitrogens is 3. The summed E-state index contributed by atoms with van der Waals surface area (Å²) < 4.78 is 44.1. The molecule has 2 aromatic heterocycles. The van der Waals surface area contributed by atoms with Crippen molar-refractivity contribution in [3.05, 3.63) is 82.3 Å². The predicted molar refractivity (Wildman–Crippen MR) is 124 cm³/mol. The molecule has 0 fully saturated rings. The normalized spacial score (nSPS) is 12.7. The smallest absolute Gasteiger partial charge is 0.405 e. The number of nitrogens with zero attached hydrogens (tertiary/aromatic N) is 3. The molecule has 0 bridgehead atoms. The highest BCUT2D eigenvalue weighted by molar-refractivity contribution is 5.84. The monoisotopic (exact) mass is 470 g/mol. The van der Waals surface area contributed by atoms with Gasteiger partial charge in [0.1, 0.15) is 5.75 Å². The van der Waals surface area contributed by atoms with E-state index in [1.807, 2.05) is 38.1 Å². The van der Waals surface area contributed by atoms with E-state index in [4.69, 9.17) is 0 Å². The van der Waals surface area contributed by atoms with Crippen molar-refractivity contribution in [2.75, 3.05) is 5.32 Å². The summed E-state index contributed by atoms with van der Waals surface area (Å²) >= 11 is 0. The maximum Gasteiger partial charge on any atom is 0.573 e. The number of para-hydroxylation sites is 1. The van der Waals surface area contributed by atoms with Crippen molar-refractivity contribution in [2.45, 2.75) is 46.8 Å². The van der Waals surface area contributed by atoms with Crippen molar-refractivity contribution in [1.82, 2.24) is 14.8 Å². The van der Waals surface area contributed by atoms with E-state index in [1.54, 1.807) is 30.7 Å². The minimum atomic E-state index is -4.79. The van der Waals surface area contributed by atoms with Gasteiger partial charge in [-0.25, -0.2) is 0 Å². The van der Waals surface area contributed by atoms with Gasteiger partial charge < -0.3 is 15.2 Å². The third-order valence-electron chi connectivity index (χ3n) is 5.60. The zero-order valence-electron chi connectivity index (χ0n) is 19.2. The van der Waals surface area contributed by atoms with E-state index in [1.165, 1.54) is 12.1 Å². The fourth-order valence-electron chi connectivity index (χ4n) is 4.02. The van der Waals surface area contributed by atoms with Crippen LogP contribution in [0.2, 0.25) is 0 Å². The van der Waals surface area contributed by atoms with Gasteiger partial charge in [0.25, 0.3) is 0 Å². The van der Waals surface area contributed by atoms with Crippen LogP contribution in [0.4, 0.5) is 18.9 Å². The van der Waals surface area contributed by atoms with Crippen LogP contribution in [-0.4, -0.2) is 26.2 Å². The second-order valence-electron chi connectivity index (χ2n) is 8.28. The van der Waals surface area contributed by atoms with Crippen LogP contribution in [0, 0.1) is 27.7 Å². The number of hydrogen-bond acceptors (Lipinski definition) is 5. The molecular formula is C25H25F3N4O2. The van der Waals surface area contributed by atoms with E-state index >= 15 is 0 Å². The van der Waals surface area contributed by atoms with Gasteiger partial charge >= 0.3 is 6.36 Å². The van der Waals surface area contributed by atoms with Gasteiger partial charge in [0.05, 0.1) is 29.1 Å². The van der Waals surface area contributed by atoms with Crippen LogP contribution in [0.15, 0.2) is 48.5 Å². The van der Waals surface area contributed by atoms with E-state index in [-0.39, 0.29) is 12.3 Å². The maximum atomic E-state index is 12.8. The van der Waals surface area contributed by atoms with Crippen molar-refractivity contribution in [1.29, 1.82) is 0 Å². The van der Waals surface area contributed by atoms with Crippen LogP contribution in [0.5, 0.6) is 5.75 Å². The molecule has 0 aliphatic rings. The molecule has 0 radical (unpaired) electrons. The first-order valence-corrected chi connectivity index (χ1v) is 10.7. The van der Waals surface area contributed by atoms with Crippen LogP contribution >= 0.6 is 0 Å². The zero-order valence-corrected chi connectivity index (χ0v) is 19.2. The molecular weight excluding hydrogens is 445 g/mol. The number of ether oxygens (including phenoxy) is 1. The second kappa shape index (κ2) is 8.98. The molecule has 0 saturated heterocycles. The first-order valence-electron chi connectivity index (χ1n) is 10.7. The lowest BCUT2D eigenvalue weighted by molar-refractivity contribution is -0.274. The van der Waals surface area contributed by atoms with Gasteiger partial charge in [-0.1, -0.05) is 29.8 Å². The highest BCUT2D eigenvalue weighted by atomic mass is 19.4. The van der Waals surface area contributed by atoms with Crippen molar-refractivity contribution >= 4 is 16.6 Å². The number of halogens is 3. The molecule has 0 saturated carbocycles. The number of anilines is 1. The van der Waals surface area contributed by atoms with Crippen LogP contribution in [0.3, 0.4) is 0 Å². The summed E-state index contributed by atoms with van der Waals surface area (Å²) in [5, 5.41) is 19.5. The Morgan fingerprint density at radius 3 is 2.53 bits per heavy atom. The lowest BCUT2D eigenvalue weighted by Crippen LogP contribution is -2.18. The van der Waals surface area contributed by atoms with Crippen molar-refractivity contribution in [3.63, 3.8) is 0 Å². The quantitative estimate of drug-likeness (QED) is 0.353. The van der Waals surface area contributed by atoms with E-state index in [0.29, 0.717) is 28.2 Å². The van der Waals surface area contributed by atoms with E-state index in [2.05, 4.69) is 20.1 Å². The van der Waals surface area contributed by atoms with Crippen LogP contribution < -0.4 is 10.1 Å². The van der Waals surface area contributed by atoms with Crippen molar-refractivity contribution < 1.29 is 23.0 Å². The zero-order chi connectivity index (χ0) is 24.6. The number of nitrogens with one attached hydrogen (secondary N) is 1. The third-order valence-corrected chi connectivity index (χ3v) is 5.60. The highest BCUT2D eigenvalue weighted by Gasteiger charge is 2.32. The predicted octanol–water partition coefficient (Wildman–Crippen LogP) is 5.71. The number of alkyl halides is 3. The molecule has 9 heteroatoms. The molecule has 0 aliphatic heterocycles. The molecule has 2 heterocycles. The van der Waals surface area contributed by atoms with Crippen LogP contribution in [-0.2, 0) is 6.54 Å². The number of pyridine rings is 1. The van der Waals surface area contributed by atoms with Gasteiger partial charge in [0.2, 0.25) is 0 Å². The van der Waals surface area contributed by atoms with Gasteiger partial charge in [-0.2, -0.15) is 5.10 Å². The molecule has 1 atom stereocenters. The first-order chi connectivity index (χ1) is 16.0. The fourth-order valence-corrected chi connectivity index (χ4v) is 4.02. The Hall–Kier alpha value is -3.59. The maximum absolute atomic E-state index is 12.8. The second-order valence-corrected chi connectivity index (χ2v) is 8.28. The lowest BCUT2D eigenvalue weighted by Gasteiger charge is -2.18. The summed E-state index contributed by atoms with van der Waals surface area (Å²) in [5.41, 5.74) is 5.51. The molecule has 178 valence electrons. The van der Waals surface area contributed by atoms with E-state index < -0.39 is 12.6 Å². The number of aliphatic hydroxyl groups excluding tert-OH is 1. The number of rotatable bonds is 6. The van der Waals surface area contributed by atoms with Gasteiger partial charge in [-0.3, -0.25) is 9.67 Å². The molecule has 6 nitrogen and oxygen atoms in total. The minimum absolute atomic E-state index is 0.0766. The Morgan fingerprint density at radius 2 is 1.79 bits per heavy atom. The molecule has 4 aromatic rings. The van der Waals surface area contributed by atoms with Crippen molar-refractivity contribution in [2.24, 2.45) is 0 Å². The molecule has 0 spiro atoms. The first kappa shape index (κ1) is 23.6. The summed E-state index contributed by atoms with van der Waals surface area (Å²) in [7, 11) is 0. The Morgan fingerprint density at radius 1 is 1.06 bits per heavy atom. The summed E-state index contributed by atoms with van der Waals surface area (Å²) in [4.78, 5) is 4.54. The number of fused-ring (bicyclic) bond motifs is 1. The molecule has 0 aliphatic carbocycles. The summed E-state index contributed by atoms with van der Waals surface area (Å²) in [6, 6.07) is 13.7. The van der Waals surface area contributed by atoms with Gasteiger partial charge in [-0.15, -0.1) is 13.2 Å². The number of benzene rings is 2. The summed E-state index contributed by atoms with van der Waals surface area (Å²) in [5.74, 6) is -0.272. The molecule has 0 amide bonds. The number of aliphatic hydroxyl groups is 1. The molecule has 4 rings (SSSR count). The van der Waals surface area contributed by atoms with E-state index in [9.17, 15) is 18.3 Å². The van der Waals surface area contributed by atoms with Crippen LogP contribution in [0.25, 0.3) is 10.9 Å². The topological polar surface area (TPSA) is 72.2 Å². The largest absolute Gasteiger partial charge is 0.573 e. The Bertz CT molecular complexity index is 1350. The standard InChI is InChI=1S/C25H25F3N4O2/c1-14-9-10-21-19(11-14)20(12-15(2)29-21)24(33)30-23-16(3)31-32(17(23)4)13-18-7-5-6-8-22(18)34-25(26,27)28/h5-12,24,30,33H,13H2,1-4H3.